The van der Waals surface area contributed by atoms with Gasteiger partial charge in [0.05, 0.1) is 0 Å². The average molecular weight is 229 g/mol. The van der Waals surface area contributed by atoms with E-state index in [1.807, 2.05) is 19.1 Å². The molecule has 0 aliphatic heterocycles. The molecule has 1 aliphatic carbocycles. The highest BCUT2D eigenvalue weighted by Gasteiger charge is 2.14. The molecule has 0 saturated carbocycles. The largest absolute Gasteiger partial charge is 0.326 e. The van der Waals surface area contributed by atoms with Crippen molar-refractivity contribution in [1.29, 1.82) is 0 Å². The number of amides is 1. The Balaban J connectivity index is 1.95. The van der Waals surface area contributed by atoms with Gasteiger partial charge in [0.2, 0.25) is 5.91 Å². The molecule has 1 aromatic carbocycles. The molecule has 2 nitrogen and oxygen atoms in total. The molecule has 1 aromatic rings. The number of aryl methyl sites for hydroxylation is 2. The van der Waals surface area contributed by atoms with Gasteiger partial charge in [-0.3, -0.25) is 4.79 Å². The first-order chi connectivity index (χ1) is 8.15. The molecule has 1 unspecified atom stereocenters. The molecule has 0 fully saturated rings. The summed E-state index contributed by atoms with van der Waals surface area (Å²) in [5, 5.41) is 2.99. The smallest absolute Gasteiger partial charge is 0.224 e. The second-order valence-electron chi connectivity index (χ2n) is 4.84. The number of carbonyl (C=O) groups excluding carboxylic acids is 1. The van der Waals surface area contributed by atoms with Gasteiger partial charge in [-0.25, -0.2) is 0 Å². The van der Waals surface area contributed by atoms with Crippen LogP contribution in [0.4, 0.5) is 5.69 Å². The van der Waals surface area contributed by atoms with Gasteiger partial charge in [-0.15, -0.1) is 0 Å². The number of nitrogens with one attached hydrogen (secondary N) is 1. The van der Waals surface area contributed by atoms with Crippen LogP contribution >= 0.6 is 0 Å². The molecule has 0 bridgehead atoms. The van der Waals surface area contributed by atoms with Crippen molar-refractivity contribution in [2.24, 2.45) is 5.92 Å². The molecule has 2 rings (SSSR count). The molecule has 0 spiro atoms. The first-order valence-electron chi connectivity index (χ1n) is 6.19. The van der Waals surface area contributed by atoms with E-state index < -0.39 is 0 Å². The van der Waals surface area contributed by atoms with Gasteiger partial charge in [-0.1, -0.05) is 29.8 Å². The van der Waals surface area contributed by atoms with E-state index in [0.717, 1.165) is 24.1 Å². The number of hydrogen-bond acceptors (Lipinski definition) is 1. The second-order valence-corrected chi connectivity index (χ2v) is 4.84. The van der Waals surface area contributed by atoms with Gasteiger partial charge >= 0.3 is 0 Å². The molecule has 90 valence electrons. The third-order valence-corrected chi connectivity index (χ3v) is 3.22. The fraction of sp³-hybridized carbons (Fsp3) is 0.400. The van der Waals surface area contributed by atoms with Gasteiger partial charge in [0.15, 0.2) is 0 Å². The van der Waals surface area contributed by atoms with Gasteiger partial charge in [-0.2, -0.15) is 0 Å². The number of allylic oxidation sites excluding steroid dienone is 2. The lowest BCUT2D eigenvalue weighted by Crippen LogP contribution is -2.15. The van der Waals surface area contributed by atoms with Crippen molar-refractivity contribution < 1.29 is 4.79 Å². The lowest BCUT2D eigenvalue weighted by Gasteiger charge is -2.11. The van der Waals surface area contributed by atoms with Crippen LogP contribution in [-0.2, 0) is 4.79 Å². The Hall–Kier alpha value is -1.57. The van der Waals surface area contributed by atoms with Crippen LogP contribution in [0.5, 0.6) is 0 Å². The minimum Gasteiger partial charge on any atom is -0.326 e. The zero-order chi connectivity index (χ0) is 12.3. The van der Waals surface area contributed by atoms with Gasteiger partial charge < -0.3 is 5.32 Å². The van der Waals surface area contributed by atoms with Crippen LogP contribution in [0.2, 0.25) is 0 Å². The molecular formula is C15H19NO. The van der Waals surface area contributed by atoms with E-state index in [2.05, 4.69) is 30.5 Å². The number of carbonyl (C=O) groups is 1. The maximum atomic E-state index is 11.9. The number of anilines is 1. The van der Waals surface area contributed by atoms with E-state index in [-0.39, 0.29) is 5.91 Å². The minimum atomic E-state index is 0.119. The molecular weight excluding hydrogens is 210 g/mol. The highest BCUT2D eigenvalue weighted by Crippen LogP contribution is 2.22. The fourth-order valence-electron chi connectivity index (χ4n) is 2.26. The Labute approximate surface area is 103 Å². The maximum absolute atomic E-state index is 11.9. The topological polar surface area (TPSA) is 29.1 Å². The van der Waals surface area contributed by atoms with Crippen LogP contribution in [0.15, 0.2) is 30.4 Å². The molecule has 1 aliphatic rings. The van der Waals surface area contributed by atoms with Crippen LogP contribution in [0.1, 0.15) is 30.4 Å². The summed E-state index contributed by atoms with van der Waals surface area (Å²) in [5.41, 5.74) is 3.28. The molecule has 1 amide bonds. The van der Waals surface area contributed by atoms with Crippen LogP contribution < -0.4 is 5.32 Å². The van der Waals surface area contributed by atoms with Crippen molar-refractivity contribution >= 4 is 11.6 Å². The van der Waals surface area contributed by atoms with E-state index in [9.17, 15) is 4.79 Å². The summed E-state index contributed by atoms with van der Waals surface area (Å²) < 4.78 is 0. The summed E-state index contributed by atoms with van der Waals surface area (Å²) in [5.74, 6) is 0.550. The molecule has 0 aromatic heterocycles. The fourth-order valence-corrected chi connectivity index (χ4v) is 2.26. The zero-order valence-corrected chi connectivity index (χ0v) is 10.5. The molecule has 1 N–H and O–H groups in total. The summed E-state index contributed by atoms with van der Waals surface area (Å²) in [6, 6.07) is 6.09. The molecule has 0 heterocycles. The predicted octanol–water partition coefficient (Wildman–Crippen LogP) is 3.60. The maximum Gasteiger partial charge on any atom is 0.224 e. The quantitative estimate of drug-likeness (QED) is 0.788. The molecule has 2 heteroatoms. The van der Waals surface area contributed by atoms with E-state index in [1.54, 1.807) is 0 Å². The molecule has 1 atom stereocenters. The van der Waals surface area contributed by atoms with E-state index in [1.165, 1.54) is 5.56 Å². The van der Waals surface area contributed by atoms with Crippen molar-refractivity contribution in [2.75, 3.05) is 5.32 Å². The van der Waals surface area contributed by atoms with Crippen LogP contribution in [0, 0.1) is 19.8 Å². The molecule has 17 heavy (non-hydrogen) atoms. The summed E-state index contributed by atoms with van der Waals surface area (Å²) in [6.07, 6.45) is 7.14. The lowest BCUT2D eigenvalue weighted by atomic mass is 10.0. The number of hydrogen-bond donors (Lipinski definition) is 1. The van der Waals surface area contributed by atoms with Crippen molar-refractivity contribution in [3.8, 4) is 0 Å². The monoisotopic (exact) mass is 229 g/mol. The first kappa shape index (κ1) is 11.9. The van der Waals surface area contributed by atoms with Crippen molar-refractivity contribution in [2.45, 2.75) is 33.1 Å². The highest BCUT2D eigenvalue weighted by molar-refractivity contribution is 5.91. The van der Waals surface area contributed by atoms with Gasteiger partial charge in [0, 0.05) is 12.1 Å². The number of rotatable bonds is 3. The highest BCUT2D eigenvalue weighted by atomic mass is 16.1. The van der Waals surface area contributed by atoms with E-state index >= 15 is 0 Å². The Bertz CT molecular complexity index is 448. The Kier molecular flexibility index (Phi) is 3.62. The Morgan fingerprint density at radius 1 is 1.41 bits per heavy atom. The normalized spacial score (nSPS) is 18.4. The number of benzene rings is 1. The predicted molar refractivity (Wildman–Crippen MR) is 71.0 cm³/mol. The molecule has 0 saturated heterocycles. The van der Waals surface area contributed by atoms with Crippen molar-refractivity contribution in [3.05, 3.63) is 41.5 Å². The first-order valence-corrected chi connectivity index (χ1v) is 6.19. The summed E-state index contributed by atoms with van der Waals surface area (Å²) >= 11 is 0. The summed E-state index contributed by atoms with van der Waals surface area (Å²) in [7, 11) is 0. The van der Waals surface area contributed by atoms with Crippen LogP contribution in [-0.4, -0.2) is 5.91 Å². The van der Waals surface area contributed by atoms with Crippen LogP contribution in [0.25, 0.3) is 0 Å². The Morgan fingerprint density at radius 3 is 2.88 bits per heavy atom. The molecule has 0 radical (unpaired) electrons. The van der Waals surface area contributed by atoms with Crippen LogP contribution in [0.3, 0.4) is 0 Å². The lowest BCUT2D eigenvalue weighted by molar-refractivity contribution is -0.116. The second kappa shape index (κ2) is 5.17. The zero-order valence-electron chi connectivity index (χ0n) is 10.5. The van der Waals surface area contributed by atoms with Crippen molar-refractivity contribution in [3.63, 3.8) is 0 Å². The Morgan fingerprint density at radius 2 is 2.24 bits per heavy atom. The summed E-state index contributed by atoms with van der Waals surface area (Å²) in [6.45, 7) is 4.08. The minimum absolute atomic E-state index is 0.119. The average Bonchev–Trinajstić information content (AvgIpc) is 2.75. The third-order valence-electron chi connectivity index (χ3n) is 3.22. The van der Waals surface area contributed by atoms with E-state index in [4.69, 9.17) is 0 Å². The van der Waals surface area contributed by atoms with E-state index in [0.29, 0.717) is 12.3 Å². The standard InChI is InChI=1S/C15H19NO/c1-11-7-8-14(12(2)9-11)16-15(17)10-13-5-3-4-6-13/h3,5,7-9,13H,4,6,10H2,1-2H3,(H,16,17). The SMILES string of the molecule is Cc1ccc(NC(=O)CC2C=CCC2)c(C)c1. The van der Waals surface area contributed by atoms with Gasteiger partial charge in [0.1, 0.15) is 0 Å². The van der Waals surface area contributed by atoms with Gasteiger partial charge in [-0.05, 0) is 44.2 Å². The third kappa shape index (κ3) is 3.19. The van der Waals surface area contributed by atoms with Crippen molar-refractivity contribution in [1.82, 2.24) is 0 Å². The van der Waals surface area contributed by atoms with Gasteiger partial charge in [0.25, 0.3) is 0 Å². The summed E-state index contributed by atoms with van der Waals surface area (Å²) in [4.78, 5) is 11.9.